The zero-order chi connectivity index (χ0) is 13.5. The number of ether oxygens (including phenoxy) is 1. The lowest BCUT2D eigenvalue weighted by atomic mass is 10.2. The van der Waals surface area contributed by atoms with E-state index >= 15 is 0 Å². The lowest BCUT2D eigenvalue weighted by molar-refractivity contribution is 0.0519. The molecule has 0 bridgehead atoms. The molecule has 1 aromatic heterocycles. The predicted molar refractivity (Wildman–Crippen MR) is 78.8 cm³/mol. The summed E-state index contributed by atoms with van der Waals surface area (Å²) in [4.78, 5) is 16.8. The average Bonchev–Trinajstić information content (AvgIpc) is 2.69. The molecule has 0 aliphatic heterocycles. The number of carbonyl (C=O) groups excluding carboxylic acids is 1. The minimum atomic E-state index is -0.337. The highest BCUT2D eigenvalue weighted by molar-refractivity contribution is 7.98. The molecule has 0 aliphatic carbocycles. The Bertz CT molecular complexity index is 393. The van der Waals surface area contributed by atoms with E-state index in [1.165, 1.54) is 11.3 Å². The summed E-state index contributed by atoms with van der Waals surface area (Å²) in [6.07, 6.45) is 2.10. The van der Waals surface area contributed by atoms with Crippen LogP contribution in [0.2, 0.25) is 0 Å². The first-order valence-electron chi connectivity index (χ1n) is 5.95. The Labute approximate surface area is 117 Å². The van der Waals surface area contributed by atoms with Gasteiger partial charge in [-0.05, 0) is 31.8 Å². The van der Waals surface area contributed by atoms with Crippen LogP contribution in [-0.4, -0.2) is 36.1 Å². The minimum absolute atomic E-state index is 0.337. The Kier molecular flexibility index (Phi) is 6.49. The van der Waals surface area contributed by atoms with Gasteiger partial charge >= 0.3 is 5.97 Å². The fraction of sp³-hybridized carbons (Fsp3) is 0.667. The van der Waals surface area contributed by atoms with Crippen molar-refractivity contribution >= 4 is 34.2 Å². The molecule has 4 nitrogen and oxygen atoms in total. The van der Waals surface area contributed by atoms with Crippen molar-refractivity contribution in [1.82, 2.24) is 4.98 Å². The fourth-order valence-corrected chi connectivity index (χ4v) is 2.96. The third-order valence-corrected chi connectivity index (χ3v) is 4.15. The third kappa shape index (κ3) is 4.49. The monoisotopic (exact) mass is 288 g/mol. The van der Waals surface area contributed by atoms with E-state index in [-0.39, 0.29) is 5.97 Å². The number of carbonyl (C=O) groups is 1. The molecule has 0 fully saturated rings. The molecular formula is C12H20N2O2S2. The molecule has 102 valence electrons. The number of thioether (sulfide) groups is 1. The lowest BCUT2D eigenvalue weighted by Crippen LogP contribution is -2.13. The molecule has 1 atom stereocenters. The molecular weight excluding hydrogens is 268 g/mol. The highest BCUT2D eigenvalue weighted by Crippen LogP contribution is 2.23. The van der Waals surface area contributed by atoms with Crippen molar-refractivity contribution in [3.8, 4) is 0 Å². The zero-order valence-electron chi connectivity index (χ0n) is 11.3. The van der Waals surface area contributed by atoms with E-state index in [2.05, 4.69) is 23.5 Å². The van der Waals surface area contributed by atoms with Crippen LogP contribution in [0.4, 0.5) is 5.13 Å². The van der Waals surface area contributed by atoms with Crippen LogP contribution < -0.4 is 5.32 Å². The van der Waals surface area contributed by atoms with Gasteiger partial charge in [0.1, 0.15) is 0 Å². The first-order valence-corrected chi connectivity index (χ1v) is 8.16. The second kappa shape index (κ2) is 7.63. The van der Waals surface area contributed by atoms with E-state index in [0.29, 0.717) is 18.2 Å². The van der Waals surface area contributed by atoms with Gasteiger partial charge in [-0.1, -0.05) is 6.92 Å². The van der Waals surface area contributed by atoms with Gasteiger partial charge in [0.25, 0.3) is 0 Å². The molecule has 0 saturated heterocycles. The number of hydrogen-bond acceptors (Lipinski definition) is 6. The summed E-state index contributed by atoms with van der Waals surface area (Å²) in [5.41, 5.74) is 0.432. The predicted octanol–water partition coefficient (Wildman–Crippen LogP) is 3.04. The van der Waals surface area contributed by atoms with Gasteiger partial charge in [0.2, 0.25) is 0 Å². The van der Waals surface area contributed by atoms with Crippen LogP contribution in [0, 0.1) is 12.8 Å². The van der Waals surface area contributed by atoms with Gasteiger partial charge in [0, 0.05) is 11.4 Å². The largest absolute Gasteiger partial charge is 0.461 e. The van der Waals surface area contributed by atoms with Gasteiger partial charge < -0.3 is 10.1 Å². The van der Waals surface area contributed by atoms with E-state index in [9.17, 15) is 4.79 Å². The molecule has 6 heteroatoms. The van der Waals surface area contributed by atoms with Crippen LogP contribution in [0.15, 0.2) is 0 Å². The van der Waals surface area contributed by atoms with Crippen molar-refractivity contribution in [1.29, 1.82) is 0 Å². The highest BCUT2D eigenvalue weighted by atomic mass is 32.2. The number of anilines is 1. The molecule has 1 unspecified atom stereocenters. The Morgan fingerprint density at radius 1 is 1.61 bits per heavy atom. The second-order valence-electron chi connectivity index (χ2n) is 4.09. The molecule has 1 heterocycles. The maximum absolute atomic E-state index is 11.6. The van der Waals surface area contributed by atoms with Crippen LogP contribution in [0.25, 0.3) is 0 Å². The summed E-state index contributed by atoms with van der Waals surface area (Å²) in [6, 6.07) is 0. The number of aromatic nitrogens is 1. The van der Waals surface area contributed by atoms with Crippen LogP contribution in [0.1, 0.15) is 29.2 Å². The number of rotatable bonds is 7. The van der Waals surface area contributed by atoms with E-state index in [4.69, 9.17) is 4.74 Å². The van der Waals surface area contributed by atoms with Gasteiger partial charge in [-0.25, -0.2) is 9.78 Å². The van der Waals surface area contributed by atoms with Gasteiger partial charge in [-0.2, -0.15) is 11.8 Å². The quantitative estimate of drug-likeness (QED) is 0.782. The van der Waals surface area contributed by atoms with Gasteiger partial charge in [-0.15, -0.1) is 11.3 Å². The van der Waals surface area contributed by atoms with Crippen molar-refractivity contribution in [3.05, 3.63) is 10.6 Å². The van der Waals surface area contributed by atoms with Gasteiger partial charge in [0.05, 0.1) is 6.61 Å². The normalized spacial score (nSPS) is 12.2. The minimum Gasteiger partial charge on any atom is -0.461 e. The van der Waals surface area contributed by atoms with Crippen LogP contribution in [0.5, 0.6) is 0 Å². The molecule has 0 amide bonds. The summed E-state index contributed by atoms with van der Waals surface area (Å²) >= 11 is 3.33. The number of hydrogen-bond donors (Lipinski definition) is 1. The van der Waals surface area contributed by atoms with Crippen molar-refractivity contribution in [2.45, 2.75) is 20.8 Å². The number of aryl methyl sites for hydroxylation is 1. The molecule has 18 heavy (non-hydrogen) atoms. The van der Waals surface area contributed by atoms with E-state index < -0.39 is 0 Å². The Morgan fingerprint density at radius 2 is 2.33 bits per heavy atom. The SMILES string of the molecule is CCOC(=O)c1nc(NCC(C)CSC)sc1C. The topological polar surface area (TPSA) is 51.2 Å². The summed E-state index contributed by atoms with van der Waals surface area (Å²) in [7, 11) is 0. The van der Waals surface area contributed by atoms with Crippen molar-refractivity contribution in [3.63, 3.8) is 0 Å². The Hall–Kier alpha value is -0.750. The zero-order valence-corrected chi connectivity index (χ0v) is 12.9. The molecule has 0 spiro atoms. The maximum atomic E-state index is 11.6. The number of esters is 1. The van der Waals surface area contributed by atoms with E-state index in [1.807, 2.05) is 18.7 Å². The van der Waals surface area contributed by atoms with Crippen molar-refractivity contribution < 1.29 is 9.53 Å². The highest BCUT2D eigenvalue weighted by Gasteiger charge is 2.16. The standard InChI is InChI=1S/C12H20N2O2S2/c1-5-16-11(15)10-9(3)18-12(14-10)13-6-8(2)7-17-4/h8H,5-7H2,1-4H3,(H,13,14). The van der Waals surface area contributed by atoms with Crippen LogP contribution in [0.3, 0.4) is 0 Å². The summed E-state index contributed by atoms with van der Waals surface area (Å²) < 4.78 is 4.96. The number of nitrogens with zero attached hydrogens (tertiary/aromatic N) is 1. The third-order valence-electron chi connectivity index (χ3n) is 2.32. The molecule has 0 aliphatic rings. The second-order valence-corrected chi connectivity index (χ2v) is 6.20. The fourth-order valence-electron chi connectivity index (χ4n) is 1.47. The summed E-state index contributed by atoms with van der Waals surface area (Å²) in [5, 5.41) is 4.07. The van der Waals surface area contributed by atoms with E-state index in [0.717, 1.165) is 22.3 Å². The first kappa shape index (κ1) is 15.3. The number of nitrogens with one attached hydrogen (secondary N) is 1. The average molecular weight is 288 g/mol. The smallest absolute Gasteiger partial charge is 0.358 e. The molecule has 1 N–H and O–H groups in total. The summed E-state index contributed by atoms with van der Waals surface area (Å²) in [6.45, 7) is 7.12. The van der Waals surface area contributed by atoms with Crippen molar-refractivity contribution in [2.75, 3.05) is 30.5 Å². The Balaban J connectivity index is 2.58. The molecule has 0 saturated carbocycles. The van der Waals surface area contributed by atoms with Gasteiger partial charge in [0.15, 0.2) is 10.8 Å². The Morgan fingerprint density at radius 3 is 2.94 bits per heavy atom. The lowest BCUT2D eigenvalue weighted by Gasteiger charge is -2.09. The first-order chi connectivity index (χ1) is 8.58. The maximum Gasteiger partial charge on any atom is 0.358 e. The molecule has 1 aromatic rings. The van der Waals surface area contributed by atoms with E-state index in [1.54, 1.807) is 6.92 Å². The van der Waals surface area contributed by atoms with Crippen LogP contribution in [-0.2, 0) is 4.74 Å². The molecule has 0 radical (unpaired) electrons. The number of thiazole rings is 1. The molecule has 1 rings (SSSR count). The molecule has 0 aromatic carbocycles. The van der Waals surface area contributed by atoms with Crippen molar-refractivity contribution in [2.24, 2.45) is 5.92 Å². The van der Waals surface area contributed by atoms with Crippen LogP contribution >= 0.6 is 23.1 Å². The van der Waals surface area contributed by atoms with Gasteiger partial charge in [-0.3, -0.25) is 0 Å². The summed E-state index contributed by atoms with van der Waals surface area (Å²) in [5.74, 6) is 1.36.